The quantitative estimate of drug-likeness (QED) is 0.906. The first kappa shape index (κ1) is 14.6. The molecule has 3 N–H and O–H groups in total. The van der Waals surface area contributed by atoms with Gasteiger partial charge in [0, 0.05) is 16.3 Å². The van der Waals surface area contributed by atoms with Gasteiger partial charge < -0.3 is 11.1 Å². The number of hydrogen-bond acceptors (Lipinski definition) is 2. The van der Waals surface area contributed by atoms with Crippen LogP contribution in [0.15, 0.2) is 42.5 Å². The molecular formula is C16H17ClN2O. The summed E-state index contributed by atoms with van der Waals surface area (Å²) >= 11 is 5.91. The standard InChI is InChI=1S/C16H17ClN2O/c1-11-10-13(17)6-7-15(11)19-16(20)14-5-3-2-4-12(14)8-9-18/h2-7,10H,8-9,18H2,1H3,(H,19,20). The molecule has 1 amide bonds. The van der Waals surface area contributed by atoms with Crippen LogP contribution in [0.3, 0.4) is 0 Å². The summed E-state index contributed by atoms with van der Waals surface area (Å²) in [5.41, 5.74) is 8.89. The molecule has 20 heavy (non-hydrogen) atoms. The molecule has 0 aliphatic heterocycles. The molecule has 0 fully saturated rings. The number of aryl methyl sites for hydroxylation is 1. The van der Waals surface area contributed by atoms with Gasteiger partial charge in [0.2, 0.25) is 0 Å². The van der Waals surface area contributed by atoms with E-state index in [-0.39, 0.29) is 5.91 Å². The van der Waals surface area contributed by atoms with Crippen LogP contribution in [0, 0.1) is 6.92 Å². The van der Waals surface area contributed by atoms with Gasteiger partial charge in [-0.25, -0.2) is 0 Å². The fourth-order valence-corrected chi connectivity index (χ4v) is 2.30. The van der Waals surface area contributed by atoms with Crippen LogP contribution in [0.4, 0.5) is 5.69 Å². The van der Waals surface area contributed by atoms with Crippen LogP contribution >= 0.6 is 11.6 Å². The van der Waals surface area contributed by atoms with Gasteiger partial charge in [-0.15, -0.1) is 0 Å². The van der Waals surface area contributed by atoms with Gasteiger partial charge in [0.15, 0.2) is 0 Å². The van der Waals surface area contributed by atoms with E-state index in [9.17, 15) is 4.79 Å². The second-order valence-corrected chi connectivity index (χ2v) is 5.05. The Morgan fingerprint density at radius 2 is 2.00 bits per heavy atom. The zero-order valence-electron chi connectivity index (χ0n) is 11.3. The molecule has 0 heterocycles. The summed E-state index contributed by atoms with van der Waals surface area (Å²) in [6.45, 7) is 2.43. The van der Waals surface area contributed by atoms with Gasteiger partial charge in [-0.1, -0.05) is 29.8 Å². The number of halogens is 1. The molecule has 2 rings (SSSR count). The van der Waals surface area contributed by atoms with Gasteiger partial charge >= 0.3 is 0 Å². The number of benzene rings is 2. The molecule has 0 spiro atoms. The third-order valence-electron chi connectivity index (χ3n) is 3.11. The molecule has 104 valence electrons. The average Bonchev–Trinajstić information content (AvgIpc) is 2.43. The number of nitrogens with one attached hydrogen (secondary N) is 1. The fraction of sp³-hybridized carbons (Fsp3) is 0.188. The first-order valence-electron chi connectivity index (χ1n) is 6.47. The highest BCUT2D eigenvalue weighted by molar-refractivity contribution is 6.30. The van der Waals surface area contributed by atoms with Crippen molar-refractivity contribution in [3.05, 3.63) is 64.2 Å². The molecular weight excluding hydrogens is 272 g/mol. The molecule has 3 nitrogen and oxygen atoms in total. The fourth-order valence-electron chi connectivity index (χ4n) is 2.07. The van der Waals surface area contributed by atoms with Crippen LogP contribution < -0.4 is 11.1 Å². The van der Waals surface area contributed by atoms with E-state index >= 15 is 0 Å². The van der Waals surface area contributed by atoms with E-state index in [1.807, 2.05) is 37.3 Å². The van der Waals surface area contributed by atoms with E-state index in [2.05, 4.69) is 5.32 Å². The average molecular weight is 289 g/mol. The lowest BCUT2D eigenvalue weighted by atomic mass is 10.0. The van der Waals surface area contributed by atoms with E-state index in [1.54, 1.807) is 12.1 Å². The highest BCUT2D eigenvalue weighted by atomic mass is 35.5. The predicted molar refractivity (Wildman–Crippen MR) is 83.3 cm³/mol. The zero-order chi connectivity index (χ0) is 14.5. The Balaban J connectivity index is 2.24. The van der Waals surface area contributed by atoms with Crippen molar-refractivity contribution in [2.45, 2.75) is 13.3 Å². The summed E-state index contributed by atoms with van der Waals surface area (Å²) in [7, 11) is 0. The summed E-state index contributed by atoms with van der Waals surface area (Å²) < 4.78 is 0. The molecule has 0 aliphatic carbocycles. The number of carbonyl (C=O) groups is 1. The van der Waals surface area contributed by atoms with E-state index in [4.69, 9.17) is 17.3 Å². The smallest absolute Gasteiger partial charge is 0.255 e. The molecule has 2 aromatic rings. The topological polar surface area (TPSA) is 55.1 Å². The third kappa shape index (κ3) is 3.38. The van der Waals surface area contributed by atoms with E-state index in [0.29, 0.717) is 23.6 Å². The Labute approximate surface area is 123 Å². The second kappa shape index (κ2) is 6.55. The van der Waals surface area contributed by atoms with Crippen molar-refractivity contribution in [3.8, 4) is 0 Å². The number of amides is 1. The SMILES string of the molecule is Cc1cc(Cl)ccc1NC(=O)c1ccccc1CCN. The summed E-state index contributed by atoms with van der Waals surface area (Å²) in [6.07, 6.45) is 0.684. The molecule has 0 atom stereocenters. The maximum absolute atomic E-state index is 12.4. The van der Waals surface area contributed by atoms with Gasteiger partial charge in [0.25, 0.3) is 5.91 Å². The number of rotatable bonds is 4. The highest BCUT2D eigenvalue weighted by Crippen LogP contribution is 2.21. The van der Waals surface area contributed by atoms with E-state index in [1.165, 1.54) is 0 Å². The van der Waals surface area contributed by atoms with Crippen LogP contribution in [0.5, 0.6) is 0 Å². The minimum atomic E-state index is -0.125. The first-order chi connectivity index (χ1) is 9.61. The van der Waals surface area contributed by atoms with Crippen molar-refractivity contribution in [3.63, 3.8) is 0 Å². The molecule has 0 aliphatic rings. The van der Waals surface area contributed by atoms with Gasteiger partial charge in [0.1, 0.15) is 0 Å². The largest absolute Gasteiger partial charge is 0.330 e. The summed E-state index contributed by atoms with van der Waals surface area (Å²) in [5.74, 6) is -0.125. The molecule has 0 radical (unpaired) electrons. The van der Waals surface area contributed by atoms with Crippen molar-refractivity contribution >= 4 is 23.2 Å². The Hall–Kier alpha value is -1.84. The van der Waals surface area contributed by atoms with Crippen molar-refractivity contribution in [1.29, 1.82) is 0 Å². The van der Waals surface area contributed by atoms with E-state index in [0.717, 1.165) is 16.8 Å². The van der Waals surface area contributed by atoms with Crippen molar-refractivity contribution in [2.24, 2.45) is 5.73 Å². The van der Waals surface area contributed by atoms with Crippen molar-refractivity contribution in [1.82, 2.24) is 0 Å². The monoisotopic (exact) mass is 288 g/mol. The van der Waals surface area contributed by atoms with Gasteiger partial charge in [-0.3, -0.25) is 4.79 Å². The molecule has 0 aromatic heterocycles. The number of anilines is 1. The lowest BCUT2D eigenvalue weighted by molar-refractivity contribution is 0.102. The minimum Gasteiger partial charge on any atom is -0.330 e. The first-order valence-corrected chi connectivity index (χ1v) is 6.85. The third-order valence-corrected chi connectivity index (χ3v) is 3.35. The van der Waals surface area contributed by atoms with Crippen molar-refractivity contribution in [2.75, 3.05) is 11.9 Å². The van der Waals surface area contributed by atoms with Crippen LogP contribution in [0.1, 0.15) is 21.5 Å². The maximum Gasteiger partial charge on any atom is 0.255 e. The number of hydrogen-bond donors (Lipinski definition) is 2. The predicted octanol–water partition coefficient (Wildman–Crippen LogP) is 3.40. The number of nitrogens with two attached hydrogens (primary N) is 1. The molecule has 0 unspecified atom stereocenters. The lowest BCUT2D eigenvalue weighted by Gasteiger charge is -2.11. The Morgan fingerprint density at radius 1 is 1.25 bits per heavy atom. The Kier molecular flexibility index (Phi) is 4.77. The normalized spacial score (nSPS) is 10.3. The lowest BCUT2D eigenvalue weighted by Crippen LogP contribution is -2.16. The van der Waals surface area contributed by atoms with Crippen LogP contribution in [0.2, 0.25) is 5.02 Å². The minimum absolute atomic E-state index is 0.125. The van der Waals surface area contributed by atoms with Crippen LogP contribution in [-0.2, 0) is 6.42 Å². The highest BCUT2D eigenvalue weighted by Gasteiger charge is 2.11. The van der Waals surface area contributed by atoms with Gasteiger partial charge in [-0.05, 0) is 55.3 Å². The summed E-state index contributed by atoms with van der Waals surface area (Å²) in [4.78, 5) is 12.4. The molecule has 0 bridgehead atoms. The van der Waals surface area contributed by atoms with Gasteiger partial charge in [0.05, 0.1) is 0 Å². The van der Waals surface area contributed by atoms with Crippen molar-refractivity contribution < 1.29 is 4.79 Å². The summed E-state index contributed by atoms with van der Waals surface area (Å²) in [6, 6.07) is 12.9. The molecule has 2 aromatic carbocycles. The Bertz CT molecular complexity index is 626. The van der Waals surface area contributed by atoms with Crippen LogP contribution in [0.25, 0.3) is 0 Å². The van der Waals surface area contributed by atoms with E-state index < -0.39 is 0 Å². The molecule has 0 saturated carbocycles. The second-order valence-electron chi connectivity index (χ2n) is 4.61. The van der Waals surface area contributed by atoms with Gasteiger partial charge in [-0.2, -0.15) is 0 Å². The Morgan fingerprint density at radius 3 is 2.70 bits per heavy atom. The maximum atomic E-state index is 12.4. The summed E-state index contributed by atoms with van der Waals surface area (Å²) in [5, 5.41) is 3.57. The number of carbonyl (C=O) groups excluding carboxylic acids is 1. The zero-order valence-corrected chi connectivity index (χ0v) is 12.1. The molecule has 0 saturated heterocycles. The molecule has 4 heteroatoms. The van der Waals surface area contributed by atoms with Crippen LogP contribution in [-0.4, -0.2) is 12.5 Å².